The highest BCUT2D eigenvalue weighted by atomic mass is 32.2. The van der Waals surface area contributed by atoms with Crippen molar-refractivity contribution in [3.8, 4) is 0 Å². The number of hydrogen-bond acceptors (Lipinski definition) is 2. The van der Waals surface area contributed by atoms with Crippen molar-refractivity contribution in [3.05, 3.63) is 29.8 Å². The van der Waals surface area contributed by atoms with Crippen molar-refractivity contribution in [1.29, 1.82) is 0 Å². The fraction of sp³-hybridized carbons (Fsp3) is 0.462. The average Bonchev–Trinajstić information content (AvgIpc) is 2.73. The van der Waals surface area contributed by atoms with E-state index in [0.717, 1.165) is 30.8 Å². The van der Waals surface area contributed by atoms with Crippen molar-refractivity contribution in [2.45, 2.75) is 19.8 Å². The van der Waals surface area contributed by atoms with E-state index in [4.69, 9.17) is 0 Å². The van der Waals surface area contributed by atoms with Gasteiger partial charge in [0.15, 0.2) is 0 Å². The van der Waals surface area contributed by atoms with Crippen LogP contribution in [0.2, 0.25) is 0 Å². The molecule has 1 aromatic rings. The lowest BCUT2D eigenvalue weighted by Gasteiger charge is -2.16. The lowest BCUT2D eigenvalue weighted by Crippen LogP contribution is -2.30. The SMILES string of the molecule is CCCSCC(=O)N1CCc2ccccc21. The van der Waals surface area contributed by atoms with Crippen LogP contribution in [0, 0.1) is 0 Å². The Morgan fingerprint density at radius 3 is 3.06 bits per heavy atom. The highest BCUT2D eigenvalue weighted by Crippen LogP contribution is 2.27. The maximum atomic E-state index is 12.0. The van der Waals surface area contributed by atoms with Crippen molar-refractivity contribution in [2.75, 3.05) is 23.0 Å². The van der Waals surface area contributed by atoms with E-state index < -0.39 is 0 Å². The molecule has 1 heterocycles. The van der Waals surface area contributed by atoms with Crippen LogP contribution in [0.1, 0.15) is 18.9 Å². The summed E-state index contributed by atoms with van der Waals surface area (Å²) in [7, 11) is 0. The van der Waals surface area contributed by atoms with Crippen LogP contribution in [-0.2, 0) is 11.2 Å². The predicted octanol–water partition coefficient (Wildman–Crippen LogP) is 2.72. The second kappa shape index (κ2) is 5.39. The van der Waals surface area contributed by atoms with Gasteiger partial charge < -0.3 is 4.90 Å². The summed E-state index contributed by atoms with van der Waals surface area (Å²) in [5, 5.41) is 0. The number of anilines is 1. The Kier molecular flexibility index (Phi) is 3.88. The quantitative estimate of drug-likeness (QED) is 0.748. The van der Waals surface area contributed by atoms with Crippen LogP contribution >= 0.6 is 11.8 Å². The first-order chi connectivity index (χ1) is 7.83. The third-order valence-electron chi connectivity index (χ3n) is 2.76. The molecule has 0 atom stereocenters. The Hall–Kier alpha value is -0.960. The zero-order valence-corrected chi connectivity index (χ0v) is 10.4. The molecular weight excluding hydrogens is 218 g/mol. The maximum absolute atomic E-state index is 12.0. The zero-order valence-electron chi connectivity index (χ0n) is 9.61. The summed E-state index contributed by atoms with van der Waals surface area (Å²) in [6.07, 6.45) is 2.13. The molecule has 1 aromatic carbocycles. The van der Waals surface area contributed by atoms with Gasteiger partial charge in [0.25, 0.3) is 0 Å². The molecule has 0 radical (unpaired) electrons. The number of carbonyl (C=O) groups is 1. The Morgan fingerprint density at radius 2 is 2.25 bits per heavy atom. The number of rotatable bonds is 4. The molecule has 16 heavy (non-hydrogen) atoms. The van der Waals surface area contributed by atoms with E-state index in [1.54, 1.807) is 11.8 Å². The number of thioether (sulfide) groups is 1. The number of nitrogens with zero attached hydrogens (tertiary/aromatic N) is 1. The van der Waals surface area contributed by atoms with Crippen LogP contribution in [0.15, 0.2) is 24.3 Å². The summed E-state index contributed by atoms with van der Waals surface area (Å²) >= 11 is 1.73. The molecular formula is C13H17NOS. The summed E-state index contributed by atoms with van der Waals surface area (Å²) in [6.45, 7) is 2.99. The van der Waals surface area contributed by atoms with Crippen LogP contribution < -0.4 is 4.90 Å². The molecule has 0 bridgehead atoms. The molecule has 1 aliphatic rings. The molecule has 0 aliphatic carbocycles. The second-order valence-corrected chi connectivity index (χ2v) is 5.08. The number of hydrogen-bond donors (Lipinski definition) is 0. The number of para-hydroxylation sites is 1. The summed E-state index contributed by atoms with van der Waals surface area (Å²) in [5.74, 6) is 1.94. The van der Waals surface area contributed by atoms with E-state index in [9.17, 15) is 4.79 Å². The number of amides is 1. The minimum absolute atomic E-state index is 0.253. The first-order valence-electron chi connectivity index (χ1n) is 5.79. The van der Waals surface area contributed by atoms with Gasteiger partial charge in [-0.15, -0.1) is 0 Å². The van der Waals surface area contributed by atoms with E-state index >= 15 is 0 Å². The van der Waals surface area contributed by atoms with Gasteiger partial charge in [-0.1, -0.05) is 25.1 Å². The highest BCUT2D eigenvalue weighted by Gasteiger charge is 2.23. The first-order valence-corrected chi connectivity index (χ1v) is 6.94. The lowest BCUT2D eigenvalue weighted by molar-refractivity contribution is -0.116. The molecule has 2 nitrogen and oxygen atoms in total. The van der Waals surface area contributed by atoms with Crippen LogP contribution in [0.5, 0.6) is 0 Å². The summed E-state index contributed by atoms with van der Waals surface area (Å²) in [5.41, 5.74) is 2.42. The summed E-state index contributed by atoms with van der Waals surface area (Å²) in [6, 6.07) is 8.20. The molecule has 3 heteroatoms. The number of benzene rings is 1. The van der Waals surface area contributed by atoms with Gasteiger partial charge in [0, 0.05) is 12.2 Å². The largest absolute Gasteiger partial charge is 0.311 e. The van der Waals surface area contributed by atoms with Gasteiger partial charge >= 0.3 is 0 Å². The third kappa shape index (κ3) is 2.40. The van der Waals surface area contributed by atoms with Gasteiger partial charge in [-0.25, -0.2) is 0 Å². The topological polar surface area (TPSA) is 20.3 Å². The van der Waals surface area contributed by atoms with Crippen molar-refractivity contribution in [1.82, 2.24) is 0 Å². The molecule has 0 N–H and O–H groups in total. The fourth-order valence-electron chi connectivity index (χ4n) is 1.98. The van der Waals surface area contributed by atoms with E-state index in [2.05, 4.69) is 13.0 Å². The molecule has 86 valence electrons. The van der Waals surface area contributed by atoms with E-state index in [-0.39, 0.29) is 5.91 Å². The highest BCUT2D eigenvalue weighted by molar-refractivity contribution is 7.99. The third-order valence-corrected chi connectivity index (χ3v) is 3.91. The van der Waals surface area contributed by atoms with Crippen LogP contribution in [0.25, 0.3) is 0 Å². The zero-order chi connectivity index (χ0) is 11.4. The van der Waals surface area contributed by atoms with Gasteiger partial charge in [0.1, 0.15) is 0 Å². The van der Waals surface area contributed by atoms with Gasteiger partial charge in [-0.3, -0.25) is 4.79 Å². The lowest BCUT2D eigenvalue weighted by atomic mass is 10.2. The van der Waals surface area contributed by atoms with Gasteiger partial charge in [0.05, 0.1) is 5.75 Å². The van der Waals surface area contributed by atoms with Crippen molar-refractivity contribution in [3.63, 3.8) is 0 Å². The summed E-state index contributed by atoms with van der Waals surface area (Å²) in [4.78, 5) is 13.9. The smallest absolute Gasteiger partial charge is 0.236 e. The molecule has 2 rings (SSSR count). The van der Waals surface area contributed by atoms with Crippen LogP contribution in [-0.4, -0.2) is 24.0 Å². The molecule has 0 fully saturated rings. The molecule has 1 amide bonds. The number of carbonyl (C=O) groups excluding carboxylic acids is 1. The normalized spacial score (nSPS) is 13.9. The van der Waals surface area contributed by atoms with Crippen molar-refractivity contribution >= 4 is 23.4 Å². The van der Waals surface area contributed by atoms with Crippen molar-refractivity contribution < 1.29 is 4.79 Å². The predicted molar refractivity (Wildman–Crippen MR) is 70.1 cm³/mol. The van der Waals surface area contributed by atoms with Gasteiger partial charge in [-0.05, 0) is 30.2 Å². The van der Waals surface area contributed by atoms with E-state index in [1.807, 2.05) is 23.1 Å². The van der Waals surface area contributed by atoms with Gasteiger partial charge in [-0.2, -0.15) is 11.8 Å². The number of fused-ring (bicyclic) bond motifs is 1. The minimum Gasteiger partial charge on any atom is -0.311 e. The van der Waals surface area contributed by atoms with Gasteiger partial charge in [0.2, 0.25) is 5.91 Å². The van der Waals surface area contributed by atoms with Crippen LogP contribution in [0.3, 0.4) is 0 Å². The maximum Gasteiger partial charge on any atom is 0.236 e. The monoisotopic (exact) mass is 235 g/mol. The molecule has 0 saturated heterocycles. The van der Waals surface area contributed by atoms with E-state index in [1.165, 1.54) is 5.56 Å². The van der Waals surface area contributed by atoms with E-state index in [0.29, 0.717) is 5.75 Å². The second-order valence-electron chi connectivity index (χ2n) is 3.98. The first kappa shape index (κ1) is 11.5. The average molecular weight is 235 g/mol. The van der Waals surface area contributed by atoms with Crippen LogP contribution in [0.4, 0.5) is 5.69 Å². The molecule has 0 unspecified atom stereocenters. The Morgan fingerprint density at radius 1 is 1.44 bits per heavy atom. The fourth-order valence-corrected chi connectivity index (χ4v) is 2.74. The molecule has 0 saturated carbocycles. The standard InChI is InChI=1S/C13H17NOS/c1-2-9-16-10-13(15)14-8-7-11-5-3-4-6-12(11)14/h3-6H,2,7-10H2,1H3. The molecule has 1 aliphatic heterocycles. The van der Waals surface area contributed by atoms with Crippen molar-refractivity contribution in [2.24, 2.45) is 0 Å². The Balaban J connectivity index is 1.99. The molecule has 0 aromatic heterocycles. The summed E-state index contributed by atoms with van der Waals surface area (Å²) < 4.78 is 0. The Bertz CT molecular complexity index is 378. The molecule has 0 spiro atoms. The minimum atomic E-state index is 0.253. The Labute approximate surface area is 101 Å².